The highest BCUT2D eigenvalue weighted by atomic mass is 127. The smallest absolute Gasteiger partial charge is 0.412 e. The molecule has 0 saturated heterocycles. The predicted molar refractivity (Wildman–Crippen MR) is 79.1 cm³/mol. The van der Waals surface area contributed by atoms with Gasteiger partial charge in [0.1, 0.15) is 11.9 Å². The minimum Gasteiger partial charge on any atom is -0.444 e. The van der Waals surface area contributed by atoms with E-state index < -0.39 is 11.7 Å². The fraction of sp³-hybridized carbons (Fsp3) is 0.385. The molecule has 1 rings (SSSR count). The third-order valence-electron chi connectivity index (χ3n) is 2.18. The zero-order chi connectivity index (χ0) is 13.9. The first-order valence-corrected chi connectivity index (χ1v) is 6.56. The van der Waals surface area contributed by atoms with Crippen molar-refractivity contribution in [3.05, 3.63) is 26.8 Å². The summed E-state index contributed by atoms with van der Waals surface area (Å²) in [6.45, 7) is 7.17. The van der Waals surface area contributed by atoms with E-state index in [1.165, 1.54) is 0 Å². The first kappa shape index (κ1) is 14.9. The highest BCUT2D eigenvalue weighted by Gasteiger charge is 2.17. The molecule has 0 atom stereocenters. The van der Waals surface area contributed by atoms with Gasteiger partial charge in [-0.05, 0) is 68.0 Å². The third kappa shape index (κ3) is 4.29. The van der Waals surface area contributed by atoms with Crippen LogP contribution in [0, 0.1) is 10.5 Å². The van der Waals surface area contributed by atoms with Crippen molar-refractivity contribution in [2.24, 2.45) is 0 Å². The Labute approximate surface area is 120 Å². The van der Waals surface area contributed by atoms with Gasteiger partial charge in [-0.1, -0.05) is 0 Å². The molecule has 18 heavy (non-hydrogen) atoms. The monoisotopic (exact) mass is 361 g/mol. The molecule has 1 amide bonds. The van der Waals surface area contributed by atoms with Gasteiger partial charge in [0.15, 0.2) is 0 Å². The Balaban J connectivity index is 2.94. The third-order valence-corrected chi connectivity index (χ3v) is 2.80. The maximum absolute atomic E-state index is 11.7. The molecule has 1 aromatic carbocycles. The minimum absolute atomic E-state index is 0.524. The van der Waals surface area contributed by atoms with Gasteiger partial charge in [-0.25, -0.2) is 4.79 Å². The molecule has 0 spiro atoms. The summed E-state index contributed by atoms with van der Waals surface area (Å²) in [5, 5.41) is 2.66. The van der Waals surface area contributed by atoms with Crippen molar-refractivity contribution in [2.75, 3.05) is 5.32 Å². The molecule has 0 aliphatic carbocycles. The van der Waals surface area contributed by atoms with E-state index in [1.54, 1.807) is 39.8 Å². The van der Waals surface area contributed by atoms with Crippen LogP contribution in [0.25, 0.3) is 0 Å². The molecular weight excluding hydrogens is 345 g/mol. The van der Waals surface area contributed by atoms with E-state index in [1.807, 2.05) is 0 Å². The average Bonchev–Trinajstić information content (AvgIpc) is 2.20. The number of ether oxygens (including phenoxy) is 1. The van der Waals surface area contributed by atoms with Gasteiger partial charge in [0.25, 0.3) is 0 Å². The van der Waals surface area contributed by atoms with Crippen LogP contribution in [-0.2, 0) is 4.74 Å². The zero-order valence-corrected chi connectivity index (χ0v) is 13.0. The van der Waals surface area contributed by atoms with Crippen LogP contribution in [0.2, 0.25) is 0 Å². The SMILES string of the molecule is Cc1c(C=O)cc(I)cc1NC(=O)OC(C)(C)C. The predicted octanol–water partition coefficient (Wildman–Crippen LogP) is 3.76. The quantitative estimate of drug-likeness (QED) is 0.645. The van der Waals surface area contributed by atoms with Crippen LogP contribution >= 0.6 is 22.6 Å². The molecule has 98 valence electrons. The standard InChI is InChI=1S/C13H16INO3/c1-8-9(7-16)5-10(14)6-11(8)15-12(17)18-13(2,3)4/h5-7H,1-4H3,(H,15,17). The highest BCUT2D eigenvalue weighted by molar-refractivity contribution is 14.1. The van der Waals surface area contributed by atoms with Crippen molar-refractivity contribution in [3.8, 4) is 0 Å². The van der Waals surface area contributed by atoms with E-state index in [2.05, 4.69) is 27.9 Å². The first-order valence-electron chi connectivity index (χ1n) is 5.48. The number of benzene rings is 1. The lowest BCUT2D eigenvalue weighted by molar-refractivity contribution is 0.0635. The second-order valence-corrected chi connectivity index (χ2v) is 6.16. The summed E-state index contributed by atoms with van der Waals surface area (Å²) in [7, 11) is 0. The number of amides is 1. The number of nitrogens with one attached hydrogen (secondary N) is 1. The number of carbonyl (C=O) groups excluding carboxylic acids is 2. The minimum atomic E-state index is -0.548. The molecule has 0 saturated carbocycles. The van der Waals surface area contributed by atoms with E-state index in [4.69, 9.17) is 4.74 Å². The van der Waals surface area contributed by atoms with E-state index in [9.17, 15) is 9.59 Å². The number of carbonyl (C=O) groups is 2. The van der Waals surface area contributed by atoms with Crippen molar-refractivity contribution in [2.45, 2.75) is 33.3 Å². The fourth-order valence-corrected chi connectivity index (χ4v) is 2.01. The van der Waals surface area contributed by atoms with Crippen LogP contribution in [0.4, 0.5) is 10.5 Å². The molecule has 0 fully saturated rings. The average molecular weight is 361 g/mol. The number of rotatable bonds is 2. The van der Waals surface area contributed by atoms with E-state index in [-0.39, 0.29) is 0 Å². The number of hydrogen-bond acceptors (Lipinski definition) is 3. The molecule has 1 aromatic rings. The van der Waals surface area contributed by atoms with Gasteiger partial charge >= 0.3 is 6.09 Å². The molecule has 0 aliphatic heterocycles. The van der Waals surface area contributed by atoms with Crippen molar-refractivity contribution >= 4 is 40.7 Å². The van der Waals surface area contributed by atoms with Gasteiger partial charge in [-0.15, -0.1) is 0 Å². The maximum Gasteiger partial charge on any atom is 0.412 e. The topological polar surface area (TPSA) is 55.4 Å². The highest BCUT2D eigenvalue weighted by Crippen LogP contribution is 2.22. The Hall–Kier alpha value is -1.11. The summed E-state index contributed by atoms with van der Waals surface area (Å²) in [6.07, 6.45) is 0.252. The summed E-state index contributed by atoms with van der Waals surface area (Å²) in [6, 6.07) is 3.57. The number of hydrogen-bond donors (Lipinski definition) is 1. The molecule has 0 bridgehead atoms. The Morgan fingerprint density at radius 2 is 2.00 bits per heavy atom. The Morgan fingerprint density at radius 3 is 2.50 bits per heavy atom. The Kier molecular flexibility index (Phi) is 4.72. The second kappa shape index (κ2) is 5.69. The van der Waals surface area contributed by atoms with E-state index in [0.717, 1.165) is 15.4 Å². The molecule has 0 heterocycles. The normalized spacial score (nSPS) is 10.9. The van der Waals surface area contributed by atoms with E-state index >= 15 is 0 Å². The van der Waals surface area contributed by atoms with E-state index in [0.29, 0.717) is 11.3 Å². The molecule has 1 N–H and O–H groups in total. The second-order valence-electron chi connectivity index (χ2n) is 4.91. The number of anilines is 1. The van der Waals surface area contributed by atoms with Crippen LogP contribution in [0.15, 0.2) is 12.1 Å². The van der Waals surface area contributed by atoms with Crippen LogP contribution in [0.5, 0.6) is 0 Å². The van der Waals surface area contributed by atoms with Gasteiger partial charge < -0.3 is 4.74 Å². The summed E-state index contributed by atoms with van der Waals surface area (Å²) >= 11 is 2.10. The fourth-order valence-electron chi connectivity index (χ4n) is 1.37. The molecule has 0 radical (unpaired) electrons. The Bertz CT molecular complexity index is 478. The van der Waals surface area contributed by atoms with Gasteiger partial charge in [-0.2, -0.15) is 0 Å². The molecule has 5 heteroatoms. The first-order chi connectivity index (χ1) is 8.23. The molecule has 0 aromatic heterocycles. The lowest BCUT2D eigenvalue weighted by atomic mass is 10.1. The van der Waals surface area contributed by atoms with Gasteiger partial charge in [-0.3, -0.25) is 10.1 Å². The number of aldehydes is 1. The summed E-state index contributed by atoms with van der Waals surface area (Å²) in [5.74, 6) is 0. The molecule has 0 aliphatic rings. The van der Waals surface area contributed by atoms with Gasteiger partial charge in [0.05, 0.1) is 0 Å². The van der Waals surface area contributed by atoms with Crippen LogP contribution in [0.1, 0.15) is 36.7 Å². The van der Waals surface area contributed by atoms with Crippen molar-refractivity contribution < 1.29 is 14.3 Å². The molecule has 0 unspecified atom stereocenters. The summed E-state index contributed by atoms with van der Waals surface area (Å²) in [5.41, 5.74) is 1.34. The van der Waals surface area contributed by atoms with Gasteiger partial charge in [0, 0.05) is 14.8 Å². The summed E-state index contributed by atoms with van der Waals surface area (Å²) < 4.78 is 6.05. The Morgan fingerprint density at radius 1 is 1.39 bits per heavy atom. The lowest BCUT2D eigenvalue weighted by Crippen LogP contribution is -2.27. The van der Waals surface area contributed by atoms with Crippen LogP contribution in [-0.4, -0.2) is 18.0 Å². The van der Waals surface area contributed by atoms with Gasteiger partial charge in [0.2, 0.25) is 0 Å². The molecule has 4 nitrogen and oxygen atoms in total. The maximum atomic E-state index is 11.7. The van der Waals surface area contributed by atoms with Crippen molar-refractivity contribution in [3.63, 3.8) is 0 Å². The number of halogens is 1. The lowest BCUT2D eigenvalue weighted by Gasteiger charge is -2.20. The largest absolute Gasteiger partial charge is 0.444 e. The van der Waals surface area contributed by atoms with Crippen LogP contribution < -0.4 is 5.32 Å². The summed E-state index contributed by atoms with van der Waals surface area (Å²) in [4.78, 5) is 22.6. The van der Waals surface area contributed by atoms with Crippen LogP contribution in [0.3, 0.4) is 0 Å². The van der Waals surface area contributed by atoms with Crippen molar-refractivity contribution in [1.29, 1.82) is 0 Å². The zero-order valence-electron chi connectivity index (χ0n) is 10.8. The molecular formula is C13H16INO3. The van der Waals surface area contributed by atoms with Crippen molar-refractivity contribution in [1.82, 2.24) is 0 Å².